The largest absolute Gasteiger partial charge is 0.294 e. The zero-order chi connectivity index (χ0) is 8.27. The Balaban J connectivity index is 2.61. The van der Waals surface area contributed by atoms with Crippen molar-refractivity contribution in [1.29, 1.82) is 0 Å². The van der Waals surface area contributed by atoms with Gasteiger partial charge < -0.3 is 0 Å². The number of rotatable bonds is 3. The molecule has 0 aliphatic heterocycles. The van der Waals surface area contributed by atoms with Gasteiger partial charge in [0.05, 0.1) is 0 Å². The van der Waals surface area contributed by atoms with E-state index in [1.807, 2.05) is 32.1 Å². The molecule has 1 aliphatic rings. The van der Waals surface area contributed by atoms with Crippen molar-refractivity contribution in [2.45, 2.75) is 26.7 Å². The Bertz CT molecular complexity index is 207. The standard InChI is InChI=1S/C10H14O/c1-3-5-8(4-2)10(11)9-6-7-9/h3-5,9H,6-7H2,1-2H3/b5-3-,8-4+. The number of carbonyl (C=O) groups is 1. The maximum atomic E-state index is 11.4. The van der Waals surface area contributed by atoms with Crippen LogP contribution >= 0.6 is 0 Å². The predicted octanol–water partition coefficient (Wildman–Crippen LogP) is 2.49. The monoisotopic (exact) mass is 150 g/mol. The second-order valence-electron chi connectivity index (χ2n) is 2.88. The Morgan fingerprint density at radius 1 is 1.36 bits per heavy atom. The third kappa shape index (κ3) is 2.04. The van der Waals surface area contributed by atoms with Gasteiger partial charge in [-0.05, 0) is 26.7 Å². The molecule has 1 heteroatoms. The highest BCUT2D eigenvalue weighted by Crippen LogP contribution is 2.32. The molecule has 0 amide bonds. The number of carbonyl (C=O) groups excluding carboxylic acids is 1. The summed E-state index contributed by atoms with van der Waals surface area (Å²) in [5.74, 6) is 0.669. The Labute approximate surface area is 67.8 Å². The molecular weight excluding hydrogens is 136 g/mol. The van der Waals surface area contributed by atoms with E-state index in [1.54, 1.807) is 0 Å². The quantitative estimate of drug-likeness (QED) is 0.446. The van der Waals surface area contributed by atoms with Gasteiger partial charge in [-0.3, -0.25) is 4.79 Å². The van der Waals surface area contributed by atoms with E-state index in [0.717, 1.165) is 18.4 Å². The van der Waals surface area contributed by atoms with E-state index in [9.17, 15) is 4.79 Å². The maximum absolute atomic E-state index is 11.4. The van der Waals surface area contributed by atoms with Crippen molar-refractivity contribution >= 4 is 5.78 Å². The maximum Gasteiger partial charge on any atom is 0.165 e. The first-order chi connectivity index (χ1) is 5.29. The third-order valence-electron chi connectivity index (χ3n) is 1.89. The van der Waals surface area contributed by atoms with Gasteiger partial charge >= 0.3 is 0 Å². The number of hydrogen-bond acceptors (Lipinski definition) is 1. The van der Waals surface area contributed by atoms with Crippen molar-refractivity contribution in [2.24, 2.45) is 5.92 Å². The van der Waals surface area contributed by atoms with E-state index >= 15 is 0 Å². The third-order valence-corrected chi connectivity index (χ3v) is 1.89. The van der Waals surface area contributed by atoms with Gasteiger partial charge in [-0.2, -0.15) is 0 Å². The molecule has 11 heavy (non-hydrogen) atoms. The van der Waals surface area contributed by atoms with E-state index in [0.29, 0.717) is 11.7 Å². The summed E-state index contributed by atoms with van der Waals surface area (Å²) in [6, 6.07) is 0. The van der Waals surface area contributed by atoms with E-state index in [2.05, 4.69) is 0 Å². The molecule has 0 radical (unpaired) electrons. The zero-order valence-corrected chi connectivity index (χ0v) is 7.13. The van der Waals surface area contributed by atoms with Gasteiger partial charge in [0.1, 0.15) is 0 Å². The van der Waals surface area contributed by atoms with Crippen molar-refractivity contribution in [3.8, 4) is 0 Å². The molecule has 0 spiro atoms. The molecule has 0 aromatic carbocycles. The minimum atomic E-state index is 0.325. The Morgan fingerprint density at radius 2 is 2.00 bits per heavy atom. The normalized spacial score (nSPS) is 19.3. The van der Waals surface area contributed by atoms with Gasteiger partial charge in [-0.1, -0.05) is 18.2 Å². The van der Waals surface area contributed by atoms with Crippen molar-refractivity contribution in [2.75, 3.05) is 0 Å². The van der Waals surface area contributed by atoms with Crippen LogP contribution in [0, 0.1) is 5.92 Å². The lowest BCUT2D eigenvalue weighted by Crippen LogP contribution is -2.01. The summed E-state index contributed by atoms with van der Waals surface area (Å²) in [6.07, 6.45) is 7.87. The van der Waals surface area contributed by atoms with Crippen molar-refractivity contribution < 1.29 is 4.79 Å². The van der Waals surface area contributed by atoms with Gasteiger partial charge in [-0.15, -0.1) is 0 Å². The van der Waals surface area contributed by atoms with Crippen LogP contribution in [0.1, 0.15) is 26.7 Å². The van der Waals surface area contributed by atoms with Crippen molar-refractivity contribution in [1.82, 2.24) is 0 Å². The van der Waals surface area contributed by atoms with E-state index < -0.39 is 0 Å². The number of ketones is 1. The van der Waals surface area contributed by atoms with Crippen LogP contribution in [0.2, 0.25) is 0 Å². The van der Waals surface area contributed by atoms with E-state index in [-0.39, 0.29) is 0 Å². The molecule has 1 nitrogen and oxygen atoms in total. The molecule has 0 aromatic heterocycles. The van der Waals surface area contributed by atoms with Crippen LogP contribution in [-0.4, -0.2) is 5.78 Å². The SMILES string of the molecule is C/C=C\C(=C/C)C(=O)C1CC1. The molecule has 1 rings (SSSR count). The highest BCUT2D eigenvalue weighted by molar-refractivity contribution is 6.00. The molecule has 0 N–H and O–H groups in total. The Kier molecular flexibility index (Phi) is 2.64. The van der Waals surface area contributed by atoms with Crippen LogP contribution in [0.3, 0.4) is 0 Å². The summed E-state index contributed by atoms with van der Waals surface area (Å²) in [5, 5.41) is 0. The second-order valence-corrected chi connectivity index (χ2v) is 2.88. The first-order valence-electron chi connectivity index (χ1n) is 4.12. The molecule has 0 aromatic rings. The van der Waals surface area contributed by atoms with Gasteiger partial charge in [0.2, 0.25) is 0 Å². The molecule has 1 fully saturated rings. The number of Topliss-reactive ketones (excluding diaryl/α,β-unsaturated/α-hetero) is 1. The van der Waals surface area contributed by atoms with Crippen molar-refractivity contribution in [3.63, 3.8) is 0 Å². The summed E-state index contributed by atoms with van der Waals surface area (Å²) in [6.45, 7) is 3.85. The zero-order valence-electron chi connectivity index (χ0n) is 7.13. The Hall–Kier alpha value is -0.850. The Morgan fingerprint density at radius 3 is 2.36 bits per heavy atom. The molecule has 0 unspecified atom stereocenters. The van der Waals surface area contributed by atoms with Gasteiger partial charge in [0, 0.05) is 11.5 Å². The molecule has 60 valence electrons. The molecular formula is C10H14O. The highest BCUT2D eigenvalue weighted by atomic mass is 16.1. The minimum Gasteiger partial charge on any atom is -0.294 e. The first-order valence-corrected chi connectivity index (χ1v) is 4.12. The lowest BCUT2D eigenvalue weighted by Gasteiger charge is -1.96. The van der Waals surface area contributed by atoms with Crippen LogP contribution < -0.4 is 0 Å². The highest BCUT2D eigenvalue weighted by Gasteiger charge is 2.30. The summed E-state index contributed by atoms with van der Waals surface area (Å²) >= 11 is 0. The van der Waals surface area contributed by atoms with E-state index in [4.69, 9.17) is 0 Å². The summed E-state index contributed by atoms with van der Waals surface area (Å²) in [5.41, 5.74) is 0.870. The molecule has 1 saturated carbocycles. The van der Waals surface area contributed by atoms with Crippen molar-refractivity contribution in [3.05, 3.63) is 23.8 Å². The summed E-state index contributed by atoms with van der Waals surface area (Å²) in [4.78, 5) is 11.4. The van der Waals surface area contributed by atoms with Crippen LogP contribution in [-0.2, 0) is 4.79 Å². The number of allylic oxidation sites excluding steroid dienone is 4. The van der Waals surface area contributed by atoms with Crippen LogP contribution in [0.25, 0.3) is 0 Å². The molecule has 0 saturated heterocycles. The van der Waals surface area contributed by atoms with Crippen LogP contribution in [0.5, 0.6) is 0 Å². The lowest BCUT2D eigenvalue weighted by atomic mass is 10.1. The molecule has 0 bridgehead atoms. The first kappa shape index (κ1) is 8.25. The second kappa shape index (κ2) is 3.51. The minimum absolute atomic E-state index is 0.325. The summed E-state index contributed by atoms with van der Waals surface area (Å²) < 4.78 is 0. The smallest absolute Gasteiger partial charge is 0.165 e. The van der Waals surface area contributed by atoms with Crippen LogP contribution in [0.15, 0.2) is 23.8 Å². The summed E-state index contributed by atoms with van der Waals surface area (Å²) in [7, 11) is 0. The molecule has 0 atom stereocenters. The fraction of sp³-hybridized carbons (Fsp3) is 0.500. The lowest BCUT2D eigenvalue weighted by molar-refractivity contribution is -0.116. The van der Waals surface area contributed by atoms with E-state index in [1.165, 1.54) is 0 Å². The fourth-order valence-corrected chi connectivity index (χ4v) is 1.08. The molecule has 1 aliphatic carbocycles. The molecule has 0 heterocycles. The predicted molar refractivity (Wildman–Crippen MR) is 46.3 cm³/mol. The van der Waals surface area contributed by atoms with Gasteiger partial charge in [-0.25, -0.2) is 0 Å². The number of hydrogen-bond donors (Lipinski definition) is 0. The van der Waals surface area contributed by atoms with Gasteiger partial charge in [0.25, 0.3) is 0 Å². The average molecular weight is 150 g/mol. The topological polar surface area (TPSA) is 17.1 Å². The van der Waals surface area contributed by atoms with Gasteiger partial charge in [0.15, 0.2) is 5.78 Å². The average Bonchev–Trinajstić information content (AvgIpc) is 2.81. The fourth-order valence-electron chi connectivity index (χ4n) is 1.08. The van der Waals surface area contributed by atoms with Crippen LogP contribution in [0.4, 0.5) is 0 Å².